The Labute approximate surface area is 177 Å². The predicted molar refractivity (Wildman–Crippen MR) is 110 cm³/mol. The van der Waals surface area contributed by atoms with Gasteiger partial charge in [0.1, 0.15) is 12.1 Å². The molecular weight excluding hydrogens is 408 g/mol. The van der Waals surface area contributed by atoms with Gasteiger partial charge >= 0.3 is 0 Å². The van der Waals surface area contributed by atoms with E-state index in [1.807, 2.05) is 4.90 Å². The summed E-state index contributed by atoms with van der Waals surface area (Å²) >= 11 is 6.32. The largest absolute Gasteiger partial charge is 0.496 e. The van der Waals surface area contributed by atoms with Gasteiger partial charge < -0.3 is 15.0 Å². The molecule has 0 saturated carbocycles. The average molecular weight is 427 g/mol. The van der Waals surface area contributed by atoms with Crippen molar-refractivity contribution in [3.8, 4) is 11.4 Å². The second-order valence-electron chi connectivity index (χ2n) is 6.79. The van der Waals surface area contributed by atoms with E-state index in [-0.39, 0.29) is 11.5 Å². The summed E-state index contributed by atoms with van der Waals surface area (Å²) in [5.41, 5.74) is 1.90. The van der Waals surface area contributed by atoms with E-state index >= 15 is 0 Å². The smallest absolute Gasteiger partial charge is 0.259 e. The lowest BCUT2D eigenvalue weighted by molar-refractivity contribution is 0.0792. The number of ether oxygens (including phenoxy) is 1. The third-order valence-electron chi connectivity index (χ3n) is 4.89. The second-order valence-corrected chi connectivity index (χ2v) is 7.20. The SMILES string of the molecule is COc1cc(-n2cnnn2)c(Cl)cc1C(=O)Nc1ccc(C(=O)N2CCCC2)cc1. The maximum absolute atomic E-state index is 12.8. The number of benzene rings is 2. The summed E-state index contributed by atoms with van der Waals surface area (Å²) in [5, 5.41) is 14.1. The number of carbonyl (C=O) groups is 2. The number of aromatic nitrogens is 4. The van der Waals surface area contributed by atoms with Crippen LogP contribution in [0.4, 0.5) is 5.69 Å². The Morgan fingerprint density at radius 1 is 1.13 bits per heavy atom. The Hall–Kier alpha value is -3.46. The van der Waals surface area contributed by atoms with E-state index in [0.29, 0.717) is 27.7 Å². The lowest BCUT2D eigenvalue weighted by Crippen LogP contribution is -2.27. The molecule has 2 amide bonds. The Morgan fingerprint density at radius 3 is 2.50 bits per heavy atom. The van der Waals surface area contributed by atoms with Gasteiger partial charge in [0.2, 0.25) is 0 Å². The molecule has 0 bridgehead atoms. The molecule has 154 valence electrons. The lowest BCUT2D eigenvalue weighted by Gasteiger charge is -2.15. The van der Waals surface area contributed by atoms with Gasteiger partial charge in [0.15, 0.2) is 0 Å². The normalized spacial score (nSPS) is 13.3. The van der Waals surface area contributed by atoms with E-state index in [2.05, 4.69) is 20.8 Å². The minimum Gasteiger partial charge on any atom is -0.496 e. The van der Waals surface area contributed by atoms with Crippen LogP contribution in [0.2, 0.25) is 5.02 Å². The van der Waals surface area contributed by atoms with Gasteiger partial charge in [-0.1, -0.05) is 11.6 Å². The topological polar surface area (TPSA) is 102 Å². The standard InChI is InChI=1S/C20H19ClN6O3/c1-30-18-11-17(27-12-22-24-25-27)16(21)10-15(18)19(28)23-14-6-4-13(5-7-14)20(29)26-8-2-3-9-26/h4-7,10-12H,2-3,8-9H2,1H3,(H,23,28). The van der Waals surface area contributed by atoms with Crippen molar-refractivity contribution in [1.29, 1.82) is 0 Å². The van der Waals surface area contributed by atoms with Gasteiger partial charge in [-0.25, -0.2) is 0 Å². The van der Waals surface area contributed by atoms with E-state index < -0.39 is 5.91 Å². The first kappa shape index (κ1) is 19.8. The molecule has 1 aliphatic heterocycles. The minimum atomic E-state index is -0.393. The van der Waals surface area contributed by atoms with Gasteiger partial charge in [-0.05, 0) is 53.6 Å². The number of nitrogens with zero attached hydrogens (tertiary/aromatic N) is 5. The van der Waals surface area contributed by atoms with Crippen molar-refractivity contribution in [2.45, 2.75) is 12.8 Å². The Balaban J connectivity index is 1.52. The van der Waals surface area contributed by atoms with Crippen LogP contribution < -0.4 is 10.1 Å². The molecule has 0 aliphatic carbocycles. The molecule has 4 rings (SSSR count). The molecule has 1 N–H and O–H groups in total. The van der Waals surface area contributed by atoms with Crippen LogP contribution in [0.1, 0.15) is 33.6 Å². The molecule has 1 aromatic heterocycles. The predicted octanol–water partition coefficient (Wildman–Crippen LogP) is 2.81. The lowest BCUT2D eigenvalue weighted by atomic mass is 10.1. The number of hydrogen-bond donors (Lipinski definition) is 1. The summed E-state index contributed by atoms with van der Waals surface area (Å²) in [6.45, 7) is 1.58. The van der Waals surface area contributed by atoms with Gasteiger partial charge in [0, 0.05) is 30.4 Å². The van der Waals surface area contributed by atoms with Gasteiger partial charge in [-0.15, -0.1) is 5.10 Å². The fourth-order valence-electron chi connectivity index (χ4n) is 3.33. The third kappa shape index (κ3) is 3.97. The quantitative estimate of drug-likeness (QED) is 0.673. The Bertz CT molecular complexity index is 1060. The highest BCUT2D eigenvalue weighted by Crippen LogP contribution is 2.30. The zero-order valence-corrected chi connectivity index (χ0v) is 17.0. The number of rotatable bonds is 5. The fraction of sp³-hybridized carbons (Fsp3) is 0.250. The van der Waals surface area contributed by atoms with Crippen LogP contribution in [0.5, 0.6) is 5.75 Å². The molecule has 2 heterocycles. The van der Waals surface area contributed by atoms with Gasteiger partial charge in [-0.3, -0.25) is 9.59 Å². The molecule has 3 aromatic rings. The summed E-state index contributed by atoms with van der Waals surface area (Å²) < 4.78 is 6.73. The molecule has 9 nitrogen and oxygen atoms in total. The molecule has 0 spiro atoms. The molecular formula is C20H19ClN6O3. The molecule has 0 atom stereocenters. The van der Waals surface area contributed by atoms with Crippen molar-refractivity contribution in [3.63, 3.8) is 0 Å². The number of halogens is 1. The highest BCUT2D eigenvalue weighted by molar-refractivity contribution is 6.33. The van der Waals surface area contributed by atoms with Crippen LogP contribution in [0.25, 0.3) is 5.69 Å². The maximum Gasteiger partial charge on any atom is 0.259 e. The van der Waals surface area contributed by atoms with Crippen molar-refractivity contribution in [3.05, 3.63) is 58.9 Å². The number of hydrogen-bond acceptors (Lipinski definition) is 6. The van der Waals surface area contributed by atoms with Crippen molar-refractivity contribution in [1.82, 2.24) is 25.1 Å². The zero-order chi connectivity index (χ0) is 21.1. The van der Waals surface area contributed by atoms with Crippen LogP contribution in [-0.2, 0) is 0 Å². The van der Waals surface area contributed by atoms with Gasteiger partial charge in [-0.2, -0.15) is 4.68 Å². The number of amides is 2. The molecule has 30 heavy (non-hydrogen) atoms. The van der Waals surface area contributed by atoms with Crippen LogP contribution in [0.15, 0.2) is 42.7 Å². The number of likely N-dealkylation sites (tertiary alicyclic amines) is 1. The van der Waals surface area contributed by atoms with Gasteiger partial charge in [0.25, 0.3) is 11.8 Å². The van der Waals surface area contributed by atoms with Crippen LogP contribution >= 0.6 is 11.6 Å². The molecule has 2 aromatic carbocycles. The highest BCUT2D eigenvalue weighted by Gasteiger charge is 2.20. The van der Waals surface area contributed by atoms with E-state index in [4.69, 9.17) is 16.3 Å². The summed E-state index contributed by atoms with van der Waals surface area (Å²) in [6, 6.07) is 9.90. The fourth-order valence-corrected chi connectivity index (χ4v) is 3.58. The zero-order valence-electron chi connectivity index (χ0n) is 16.2. The summed E-state index contributed by atoms with van der Waals surface area (Å²) in [6.07, 6.45) is 3.47. The molecule has 1 saturated heterocycles. The van der Waals surface area contributed by atoms with E-state index in [0.717, 1.165) is 25.9 Å². The maximum atomic E-state index is 12.8. The number of anilines is 1. The molecule has 0 radical (unpaired) electrons. The number of methoxy groups -OCH3 is 1. The summed E-state index contributed by atoms with van der Waals surface area (Å²) in [4.78, 5) is 27.1. The number of carbonyl (C=O) groups excluding carboxylic acids is 2. The second kappa shape index (κ2) is 8.50. The van der Waals surface area contributed by atoms with Crippen molar-refractivity contribution < 1.29 is 14.3 Å². The molecule has 0 unspecified atom stereocenters. The first-order chi connectivity index (χ1) is 14.6. The van der Waals surface area contributed by atoms with E-state index in [1.165, 1.54) is 24.2 Å². The molecule has 1 fully saturated rings. The van der Waals surface area contributed by atoms with Crippen LogP contribution in [-0.4, -0.2) is 57.1 Å². The molecule has 1 aliphatic rings. The summed E-state index contributed by atoms with van der Waals surface area (Å²) in [7, 11) is 1.46. The number of nitrogens with one attached hydrogen (secondary N) is 1. The van der Waals surface area contributed by atoms with Gasteiger partial charge in [0.05, 0.1) is 23.4 Å². The third-order valence-corrected chi connectivity index (χ3v) is 5.20. The molecule has 10 heteroatoms. The van der Waals surface area contributed by atoms with Crippen molar-refractivity contribution >= 4 is 29.1 Å². The summed E-state index contributed by atoms with van der Waals surface area (Å²) in [5.74, 6) is -0.0594. The first-order valence-electron chi connectivity index (χ1n) is 9.38. The highest BCUT2D eigenvalue weighted by atomic mass is 35.5. The first-order valence-corrected chi connectivity index (χ1v) is 9.76. The van der Waals surface area contributed by atoms with E-state index in [9.17, 15) is 9.59 Å². The monoisotopic (exact) mass is 426 g/mol. The Morgan fingerprint density at radius 2 is 1.87 bits per heavy atom. The van der Waals surface area contributed by atoms with Crippen LogP contribution in [0, 0.1) is 0 Å². The number of tetrazole rings is 1. The Kier molecular flexibility index (Phi) is 5.62. The average Bonchev–Trinajstić information content (AvgIpc) is 3.48. The van der Waals surface area contributed by atoms with Crippen molar-refractivity contribution in [2.24, 2.45) is 0 Å². The van der Waals surface area contributed by atoms with Crippen molar-refractivity contribution in [2.75, 3.05) is 25.5 Å². The van der Waals surface area contributed by atoms with E-state index in [1.54, 1.807) is 30.3 Å². The minimum absolute atomic E-state index is 0.0111. The van der Waals surface area contributed by atoms with Crippen LogP contribution in [0.3, 0.4) is 0 Å².